The van der Waals surface area contributed by atoms with Crippen LogP contribution in [0.15, 0.2) is 23.6 Å². The number of carbonyl (C=O) groups is 1. The number of thiazole rings is 1. The van der Waals surface area contributed by atoms with Gasteiger partial charge in [-0.15, -0.1) is 11.3 Å². The standard InChI is InChI=1S/C21H27N3OS/c1-14-8-15(2)11-23(10-14)12-21(25)24-7-6-18-9-17(4-5-20(18)24)19-13-26-16(3)22-19/h4-5,9,13-15H,6-8,10-12H2,1-3H3. The van der Waals surface area contributed by atoms with Gasteiger partial charge in [-0.2, -0.15) is 0 Å². The van der Waals surface area contributed by atoms with Crippen molar-refractivity contribution in [1.82, 2.24) is 9.88 Å². The van der Waals surface area contributed by atoms with Crippen LogP contribution >= 0.6 is 11.3 Å². The van der Waals surface area contributed by atoms with Crippen LogP contribution in [0.4, 0.5) is 5.69 Å². The smallest absolute Gasteiger partial charge is 0.241 e. The Morgan fingerprint density at radius 2 is 2.04 bits per heavy atom. The van der Waals surface area contributed by atoms with E-state index in [4.69, 9.17) is 0 Å². The Bertz CT molecular complexity index is 805. The van der Waals surface area contributed by atoms with Crippen molar-refractivity contribution in [1.29, 1.82) is 0 Å². The van der Waals surface area contributed by atoms with Crippen LogP contribution in [0.5, 0.6) is 0 Å². The Kier molecular flexibility index (Phi) is 4.84. The van der Waals surface area contributed by atoms with Gasteiger partial charge in [0.05, 0.1) is 17.2 Å². The van der Waals surface area contributed by atoms with E-state index in [1.807, 2.05) is 11.8 Å². The predicted molar refractivity (Wildman–Crippen MR) is 108 cm³/mol. The number of nitrogens with zero attached hydrogens (tertiary/aromatic N) is 3. The van der Waals surface area contributed by atoms with Gasteiger partial charge in [-0.05, 0) is 49.3 Å². The van der Waals surface area contributed by atoms with Crippen LogP contribution in [0.3, 0.4) is 0 Å². The van der Waals surface area contributed by atoms with E-state index in [2.05, 4.69) is 47.3 Å². The lowest BCUT2D eigenvalue weighted by atomic mass is 9.92. The Hall–Kier alpha value is -1.72. The molecule has 4 nitrogen and oxygen atoms in total. The number of piperidine rings is 1. The summed E-state index contributed by atoms with van der Waals surface area (Å²) in [7, 11) is 0. The molecule has 4 rings (SSSR count). The quantitative estimate of drug-likeness (QED) is 0.821. The number of aryl methyl sites for hydroxylation is 1. The molecule has 0 N–H and O–H groups in total. The van der Waals surface area contributed by atoms with E-state index in [0.717, 1.165) is 48.0 Å². The first-order valence-corrected chi connectivity index (χ1v) is 10.5. The van der Waals surface area contributed by atoms with Crippen LogP contribution in [-0.2, 0) is 11.2 Å². The molecule has 26 heavy (non-hydrogen) atoms. The van der Waals surface area contributed by atoms with E-state index in [9.17, 15) is 4.79 Å². The van der Waals surface area contributed by atoms with Gasteiger partial charge in [0.15, 0.2) is 0 Å². The Balaban J connectivity index is 1.48. The molecule has 5 heteroatoms. The molecule has 0 saturated carbocycles. The SMILES string of the molecule is Cc1nc(-c2ccc3c(c2)CCN3C(=O)CN2CC(C)CC(C)C2)cs1. The van der Waals surface area contributed by atoms with Crippen LogP contribution < -0.4 is 4.90 Å². The van der Waals surface area contributed by atoms with Gasteiger partial charge in [-0.25, -0.2) is 4.98 Å². The summed E-state index contributed by atoms with van der Waals surface area (Å²) in [5.74, 6) is 1.60. The summed E-state index contributed by atoms with van der Waals surface area (Å²) in [5, 5.41) is 3.19. The summed E-state index contributed by atoms with van der Waals surface area (Å²) in [6.07, 6.45) is 2.21. The monoisotopic (exact) mass is 369 g/mol. The molecule has 1 saturated heterocycles. The number of rotatable bonds is 3. The van der Waals surface area contributed by atoms with Crippen molar-refractivity contribution in [2.75, 3.05) is 31.1 Å². The second-order valence-electron chi connectivity index (χ2n) is 8.03. The third kappa shape index (κ3) is 3.55. The lowest BCUT2D eigenvalue weighted by molar-refractivity contribution is -0.120. The van der Waals surface area contributed by atoms with Crippen LogP contribution in [0.1, 0.15) is 30.8 Å². The molecule has 2 atom stereocenters. The molecule has 1 amide bonds. The van der Waals surface area contributed by atoms with Crippen LogP contribution in [0.2, 0.25) is 0 Å². The van der Waals surface area contributed by atoms with Gasteiger partial charge in [0.25, 0.3) is 0 Å². The number of fused-ring (bicyclic) bond motifs is 1. The van der Waals surface area contributed by atoms with Crippen molar-refractivity contribution >= 4 is 22.9 Å². The highest BCUT2D eigenvalue weighted by molar-refractivity contribution is 7.09. The summed E-state index contributed by atoms with van der Waals surface area (Å²) in [5.41, 5.74) is 4.54. The Morgan fingerprint density at radius 3 is 2.73 bits per heavy atom. The van der Waals surface area contributed by atoms with Gasteiger partial charge >= 0.3 is 0 Å². The van der Waals surface area contributed by atoms with Gasteiger partial charge < -0.3 is 4.90 Å². The van der Waals surface area contributed by atoms with Gasteiger partial charge in [-0.1, -0.05) is 19.9 Å². The lowest BCUT2D eigenvalue weighted by Gasteiger charge is -2.35. The van der Waals surface area contributed by atoms with Gasteiger partial charge in [0.2, 0.25) is 5.91 Å². The topological polar surface area (TPSA) is 36.4 Å². The summed E-state index contributed by atoms with van der Waals surface area (Å²) in [6, 6.07) is 6.41. The predicted octanol–water partition coefficient (Wildman–Crippen LogP) is 3.99. The molecule has 1 aromatic heterocycles. The van der Waals surface area contributed by atoms with Crippen LogP contribution in [0.25, 0.3) is 11.3 Å². The lowest BCUT2D eigenvalue weighted by Crippen LogP contribution is -2.45. The zero-order valence-corrected chi connectivity index (χ0v) is 16.7. The highest BCUT2D eigenvalue weighted by Crippen LogP contribution is 2.33. The molecular formula is C21H27N3OS. The maximum Gasteiger partial charge on any atom is 0.241 e. The van der Waals surface area contributed by atoms with Gasteiger partial charge in [0.1, 0.15) is 0 Å². The minimum absolute atomic E-state index is 0.238. The summed E-state index contributed by atoms with van der Waals surface area (Å²) < 4.78 is 0. The molecule has 2 aliphatic rings. The average molecular weight is 370 g/mol. The number of anilines is 1. The molecule has 0 aliphatic carbocycles. The third-order valence-electron chi connectivity index (χ3n) is 5.49. The number of aromatic nitrogens is 1. The average Bonchev–Trinajstić information content (AvgIpc) is 3.19. The van der Waals surface area contributed by atoms with E-state index in [0.29, 0.717) is 18.4 Å². The molecule has 1 fully saturated rings. The van der Waals surface area contributed by atoms with Gasteiger partial charge in [-0.3, -0.25) is 9.69 Å². The Labute approximate surface area is 159 Å². The fraction of sp³-hybridized carbons (Fsp3) is 0.524. The second kappa shape index (κ2) is 7.12. The minimum Gasteiger partial charge on any atom is -0.311 e. The summed E-state index contributed by atoms with van der Waals surface area (Å²) in [4.78, 5) is 21.8. The molecule has 2 aromatic rings. The highest BCUT2D eigenvalue weighted by Gasteiger charge is 2.29. The number of likely N-dealkylation sites (tertiary alicyclic amines) is 1. The van der Waals surface area contributed by atoms with Crippen molar-refractivity contribution < 1.29 is 4.79 Å². The molecule has 2 aliphatic heterocycles. The van der Waals surface area contributed by atoms with Crippen molar-refractivity contribution in [3.63, 3.8) is 0 Å². The fourth-order valence-corrected chi connectivity index (χ4v) is 5.14. The van der Waals surface area contributed by atoms with E-state index < -0.39 is 0 Å². The maximum atomic E-state index is 12.9. The van der Waals surface area contributed by atoms with Crippen LogP contribution in [0, 0.1) is 18.8 Å². The number of hydrogen-bond acceptors (Lipinski definition) is 4. The summed E-state index contributed by atoms with van der Waals surface area (Å²) >= 11 is 1.68. The van der Waals surface area contributed by atoms with E-state index in [1.165, 1.54) is 12.0 Å². The molecular weight excluding hydrogens is 342 g/mol. The zero-order valence-electron chi connectivity index (χ0n) is 15.9. The molecule has 0 bridgehead atoms. The first-order chi connectivity index (χ1) is 12.5. The van der Waals surface area contributed by atoms with Crippen molar-refractivity contribution in [2.45, 2.75) is 33.6 Å². The number of benzene rings is 1. The van der Waals surface area contributed by atoms with E-state index in [1.54, 1.807) is 11.3 Å². The van der Waals surface area contributed by atoms with Crippen molar-refractivity contribution in [2.24, 2.45) is 11.8 Å². The van der Waals surface area contributed by atoms with E-state index in [-0.39, 0.29) is 5.91 Å². The molecule has 138 valence electrons. The summed E-state index contributed by atoms with van der Waals surface area (Å²) in [6.45, 7) is 10.0. The minimum atomic E-state index is 0.238. The molecule has 0 radical (unpaired) electrons. The molecule has 2 unspecified atom stereocenters. The normalized spacial score (nSPS) is 23.3. The number of hydrogen-bond donors (Lipinski definition) is 0. The number of carbonyl (C=O) groups excluding carboxylic acids is 1. The Morgan fingerprint density at radius 1 is 1.27 bits per heavy atom. The largest absolute Gasteiger partial charge is 0.311 e. The third-order valence-corrected chi connectivity index (χ3v) is 6.27. The first-order valence-electron chi connectivity index (χ1n) is 9.57. The van der Waals surface area contributed by atoms with Crippen molar-refractivity contribution in [3.05, 3.63) is 34.2 Å². The maximum absolute atomic E-state index is 12.9. The molecule has 1 aromatic carbocycles. The molecule has 0 spiro atoms. The fourth-order valence-electron chi connectivity index (χ4n) is 4.51. The van der Waals surface area contributed by atoms with Crippen molar-refractivity contribution in [3.8, 4) is 11.3 Å². The van der Waals surface area contributed by atoms with Gasteiger partial charge in [0, 0.05) is 36.3 Å². The van der Waals surface area contributed by atoms with E-state index >= 15 is 0 Å². The zero-order chi connectivity index (χ0) is 18.3. The van der Waals surface area contributed by atoms with Crippen LogP contribution in [-0.4, -0.2) is 42.0 Å². The number of amides is 1. The highest BCUT2D eigenvalue weighted by atomic mass is 32.1. The molecule has 3 heterocycles. The first kappa shape index (κ1) is 17.7. The second-order valence-corrected chi connectivity index (χ2v) is 9.09.